The summed E-state index contributed by atoms with van der Waals surface area (Å²) in [6.45, 7) is 4.51. The molecule has 0 spiro atoms. The van der Waals surface area contributed by atoms with Crippen molar-refractivity contribution in [2.45, 2.75) is 26.8 Å². The number of carboxylic acids is 1. The molecule has 0 aliphatic heterocycles. The summed E-state index contributed by atoms with van der Waals surface area (Å²) in [6, 6.07) is 19.0. The van der Waals surface area contributed by atoms with Crippen LogP contribution in [0.3, 0.4) is 0 Å². The number of rotatable bonds is 8. The molecule has 0 fully saturated rings. The van der Waals surface area contributed by atoms with Gasteiger partial charge in [-0.3, -0.25) is 14.3 Å². The molecule has 0 aliphatic rings. The quantitative estimate of drug-likeness (QED) is 0.639. The third kappa shape index (κ3) is 5.54. The summed E-state index contributed by atoms with van der Waals surface area (Å²) in [5.41, 5.74) is 4.49. The Morgan fingerprint density at radius 3 is 2.38 bits per heavy atom. The molecule has 0 bridgehead atoms. The Morgan fingerprint density at radius 1 is 1.00 bits per heavy atom. The molecule has 150 valence electrons. The van der Waals surface area contributed by atoms with Gasteiger partial charge in [0.25, 0.3) is 5.91 Å². The molecule has 6 nitrogen and oxygen atoms in total. The Kier molecular flexibility index (Phi) is 6.44. The van der Waals surface area contributed by atoms with Crippen LogP contribution in [-0.4, -0.2) is 44.8 Å². The molecule has 0 radical (unpaired) electrons. The zero-order chi connectivity index (χ0) is 20.8. The smallest absolute Gasteiger partial charge is 0.323 e. The van der Waals surface area contributed by atoms with Gasteiger partial charge >= 0.3 is 5.97 Å². The summed E-state index contributed by atoms with van der Waals surface area (Å²) in [7, 11) is 0. The highest BCUT2D eigenvalue weighted by molar-refractivity contribution is 5.96. The molecule has 1 aromatic heterocycles. The Balaban J connectivity index is 1.76. The molecule has 2 aromatic carbocycles. The average Bonchev–Trinajstić information content (AvgIpc) is 3.02. The number of carbonyl (C=O) groups excluding carboxylic acids is 1. The monoisotopic (exact) mass is 391 g/mol. The molecular formula is C23H25N3O3. The number of aliphatic carboxylic acids is 1. The van der Waals surface area contributed by atoms with Crippen LogP contribution in [0, 0.1) is 13.8 Å². The number of carbonyl (C=O) groups is 2. The summed E-state index contributed by atoms with van der Waals surface area (Å²) in [5.74, 6) is -1.30. The molecule has 0 atom stereocenters. The van der Waals surface area contributed by atoms with Crippen LogP contribution in [0.25, 0.3) is 0 Å². The summed E-state index contributed by atoms with van der Waals surface area (Å²) in [5, 5.41) is 13.7. The van der Waals surface area contributed by atoms with Crippen LogP contribution in [-0.2, 0) is 17.8 Å². The van der Waals surface area contributed by atoms with Crippen LogP contribution in [0.2, 0.25) is 0 Å². The van der Waals surface area contributed by atoms with Gasteiger partial charge < -0.3 is 10.0 Å². The fourth-order valence-electron chi connectivity index (χ4n) is 3.32. The second kappa shape index (κ2) is 9.19. The van der Waals surface area contributed by atoms with Crippen LogP contribution in [0.1, 0.15) is 32.9 Å². The highest BCUT2D eigenvalue weighted by atomic mass is 16.4. The van der Waals surface area contributed by atoms with E-state index in [-0.39, 0.29) is 12.5 Å². The molecule has 0 saturated heterocycles. The van der Waals surface area contributed by atoms with Crippen LogP contribution in [0.5, 0.6) is 0 Å². The molecule has 6 heteroatoms. The molecule has 1 amide bonds. The van der Waals surface area contributed by atoms with Crippen molar-refractivity contribution in [3.05, 3.63) is 88.7 Å². The lowest BCUT2D eigenvalue weighted by molar-refractivity contribution is -0.137. The Morgan fingerprint density at radius 2 is 1.72 bits per heavy atom. The van der Waals surface area contributed by atoms with E-state index >= 15 is 0 Å². The van der Waals surface area contributed by atoms with Crippen molar-refractivity contribution in [1.82, 2.24) is 14.7 Å². The zero-order valence-corrected chi connectivity index (χ0v) is 16.7. The minimum atomic E-state index is -1.02. The molecule has 29 heavy (non-hydrogen) atoms. The van der Waals surface area contributed by atoms with E-state index in [0.29, 0.717) is 25.1 Å². The Bertz CT molecular complexity index is 996. The van der Waals surface area contributed by atoms with Gasteiger partial charge in [0.2, 0.25) is 0 Å². The predicted molar refractivity (Wildman–Crippen MR) is 111 cm³/mol. The van der Waals surface area contributed by atoms with Crippen molar-refractivity contribution in [1.29, 1.82) is 0 Å². The molecule has 1 N–H and O–H groups in total. The molecule has 0 saturated carbocycles. The van der Waals surface area contributed by atoms with Crippen molar-refractivity contribution in [3.8, 4) is 0 Å². The topological polar surface area (TPSA) is 75.4 Å². The van der Waals surface area contributed by atoms with Gasteiger partial charge in [0.1, 0.15) is 6.54 Å². The van der Waals surface area contributed by atoms with E-state index in [1.807, 2.05) is 73.1 Å². The van der Waals surface area contributed by atoms with Crippen LogP contribution < -0.4 is 0 Å². The highest BCUT2D eigenvalue weighted by Crippen LogP contribution is 2.13. The van der Waals surface area contributed by atoms with E-state index in [9.17, 15) is 14.7 Å². The van der Waals surface area contributed by atoms with E-state index in [1.165, 1.54) is 4.90 Å². The van der Waals surface area contributed by atoms with Gasteiger partial charge in [-0.1, -0.05) is 42.5 Å². The second-order valence-electron chi connectivity index (χ2n) is 7.14. The van der Waals surface area contributed by atoms with Gasteiger partial charge in [-0.2, -0.15) is 5.10 Å². The second-order valence-corrected chi connectivity index (χ2v) is 7.14. The highest BCUT2D eigenvalue weighted by Gasteiger charge is 2.19. The van der Waals surface area contributed by atoms with E-state index in [0.717, 1.165) is 22.5 Å². The number of benzene rings is 2. The Labute approximate surface area is 170 Å². The third-order valence-electron chi connectivity index (χ3n) is 4.74. The van der Waals surface area contributed by atoms with Gasteiger partial charge in [-0.25, -0.2) is 0 Å². The molecule has 3 rings (SSSR count). The van der Waals surface area contributed by atoms with Gasteiger partial charge in [-0.05, 0) is 49.6 Å². The first kappa shape index (κ1) is 20.3. The molecule has 1 heterocycles. The van der Waals surface area contributed by atoms with Crippen LogP contribution in [0.15, 0.2) is 60.7 Å². The van der Waals surface area contributed by atoms with Crippen molar-refractivity contribution in [2.75, 3.05) is 13.1 Å². The summed E-state index contributed by atoms with van der Waals surface area (Å²) < 4.78 is 1.89. The summed E-state index contributed by atoms with van der Waals surface area (Å²) in [6.07, 6.45) is 0.602. The molecular weight excluding hydrogens is 366 g/mol. The average molecular weight is 391 g/mol. The van der Waals surface area contributed by atoms with Gasteiger partial charge in [0.15, 0.2) is 0 Å². The number of carboxylic acid groups (broad SMARTS) is 1. The lowest BCUT2D eigenvalue weighted by Gasteiger charge is -2.21. The number of amides is 1. The van der Waals surface area contributed by atoms with Gasteiger partial charge in [-0.15, -0.1) is 0 Å². The standard InChI is InChI=1S/C23H25N3O3/c1-17-13-18(2)26(24-17)15-20-9-6-10-21(14-20)23(29)25(16-22(27)28)12-11-19-7-4-3-5-8-19/h3-10,13-14H,11-12,15-16H2,1-2H3,(H,27,28). The fourth-order valence-corrected chi connectivity index (χ4v) is 3.32. The van der Waals surface area contributed by atoms with E-state index in [1.54, 1.807) is 6.07 Å². The molecule has 0 unspecified atom stereocenters. The first-order chi connectivity index (χ1) is 13.9. The number of hydrogen-bond donors (Lipinski definition) is 1. The van der Waals surface area contributed by atoms with Crippen molar-refractivity contribution < 1.29 is 14.7 Å². The largest absolute Gasteiger partial charge is 0.480 e. The normalized spacial score (nSPS) is 10.7. The van der Waals surface area contributed by atoms with Crippen molar-refractivity contribution in [2.24, 2.45) is 0 Å². The number of nitrogens with zero attached hydrogens (tertiary/aromatic N) is 3. The number of aromatic nitrogens is 2. The van der Waals surface area contributed by atoms with E-state index in [2.05, 4.69) is 5.10 Å². The summed E-state index contributed by atoms with van der Waals surface area (Å²) in [4.78, 5) is 25.7. The Hall–Kier alpha value is -3.41. The number of hydrogen-bond acceptors (Lipinski definition) is 3. The van der Waals surface area contributed by atoms with E-state index in [4.69, 9.17) is 0 Å². The molecule has 3 aromatic rings. The van der Waals surface area contributed by atoms with Crippen LogP contribution >= 0.6 is 0 Å². The predicted octanol–water partition coefficient (Wildman–Crippen LogP) is 3.32. The SMILES string of the molecule is Cc1cc(C)n(Cc2cccc(C(=O)N(CCc3ccccc3)CC(=O)O)c2)n1. The van der Waals surface area contributed by atoms with Crippen molar-refractivity contribution in [3.63, 3.8) is 0 Å². The minimum absolute atomic E-state index is 0.279. The molecule has 0 aliphatic carbocycles. The maximum Gasteiger partial charge on any atom is 0.323 e. The van der Waals surface area contributed by atoms with E-state index < -0.39 is 5.97 Å². The van der Waals surface area contributed by atoms with Gasteiger partial charge in [0, 0.05) is 17.8 Å². The minimum Gasteiger partial charge on any atom is -0.480 e. The third-order valence-corrected chi connectivity index (χ3v) is 4.74. The summed E-state index contributed by atoms with van der Waals surface area (Å²) >= 11 is 0. The number of aryl methyl sites for hydroxylation is 2. The maximum absolute atomic E-state index is 13.0. The van der Waals surface area contributed by atoms with Crippen molar-refractivity contribution >= 4 is 11.9 Å². The van der Waals surface area contributed by atoms with Gasteiger partial charge in [0.05, 0.1) is 12.2 Å². The first-order valence-electron chi connectivity index (χ1n) is 9.57. The van der Waals surface area contributed by atoms with Crippen LogP contribution in [0.4, 0.5) is 0 Å². The lowest BCUT2D eigenvalue weighted by atomic mass is 10.1. The zero-order valence-electron chi connectivity index (χ0n) is 16.7. The fraction of sp³-hybridized carbons (Fsp3) is 0.261. The lowest BCUT2D eigenvalue weighted by Crippen LogP contribution is -2.37. The first-order valence-corrected chi connectivity index (χ1v) is 9.57. The maximum atomic E-state index is 13.0.